The van der Waals surface area contributed by atoms with Crippen molar-refractivity contribution in [1.82, 2.24) is 4.90 Å². The fourth-order valence-electron chi connectivity index (χ4n) is 1.96. The Morgan fingerprint density at radius 2 is 1.73 bits per heavy atom. The molecule has 0 aliphatic heterocycles. The van der Waals surface area contributed by atoms with E-state index in [-0.39, 0.29) is 24.9 Å². The van der Waals surface area contributed by atoms with E-state index in [1.54, 1.807) is 43.4 Å². The van der Waals surface area contributed by atoms with Gasteiger partial charge in [0.05, 0.1) is 7.11 Å². The molecule has 0 radical (unpaired) electrons. The van der Waals surface area contributed by atoms with Crippen LogP contribution in [0.1, 0.15) is 5.56 Å². The van der Waals surface area contributed by atoms with Gasteiger partial charge in [0.25, 0.3) is 5.91 Å². The normalized spacial score (nSPS) is 10.1. The van der Waals surface area contributed by atoms with Crippen LogP contribution >= 0.6 is 0 Å². The summed E-state index contributed by atoms with van der Waals surface area (Å²) in [5, 5.41) is 0. The first-order chi connectivity index (χ1) is 10.6. The predicted octanol–water partition coefficient (Wildman–Crippen LogP) is 2.87. The zero-order valence-electron chi connectivity index (χ0n) is 12.6. The summed E-state index contributed by atoms with van der Waals surface area (Å²) < 4.78 is 24.2. The number of methoxy groups -OCH3 is 1. The summed E-state index contributed by atoms with van der Waals surface area (Å²) in [7, 11) is 3.15. The highest BCUT2D eigenvalue weighted by Crippen LogP contribution is 2.25. The summed E-state index contributed by atoms with van der Waals surface area (Å²) in [6, 6.07) is 13.5. The van der Waals surface area contributed by atoms with Crippen molar-refractivity contribution in [3.05, 3.63) is 59.9 Å². The second-order valence-corrected chi connectivity index (χ2v) is 4.78. The smallest absolute Gasteiger partial charge is 0.260 e. The minimum Gasteiger partial charge on any atom is -0.493 e. The van der Waals surface area contributed by atoms with E-state index in [4.69, 9.17) is 9.47 Å². The molecule has 0 aromatic heterocycles. The molecule has 1 amide bonds. The molecule has 0 fully saturated rings. The summed E-state index contributed by atoms with van der Waals surface area (Å²) in [5.74, 6) is 0.492. The molecule has 116 valence electrons. The lowest BCUT2D eigenvalue weighted by atomic mass is 10.2. The molecular formula is C17H18FNO3. The number of likely N-dealkylation sites (N-methyl/N-ethyl adjacent to an activating group) is 1. The predicted molar refractivity (Wildman–Crippen MR) is 81.4 cm³/mol. The number of para-hydroxylation sites is 2. The van der Waals surface area contributed by atoms with Crippen LogP contribution in [-0.4, -0.2) is 31.6 Å². The van der Waals surface area contributed by atoms with Crippen molar-refractivity contribution in [2.24, 2.45) is 0 Å². The first kappa shape index (κ1) is 15.8. The van der Waals surface area contributed by atoms with E-state index >= 15 is 0 Å². The average molecular weight is 303 g/mol. The number of benzene rings is 2. The van der Waals surface area contributed by atoms with Crippen LogP contribution < -0.4 is 9.47 Å². The number of hydrogen-bond acceptors (Lipinski definition) is 3. The van der Waals surface area contributed by atoms with Gasteiger partial charge in [-0.25, -0.2) is 4.39 Å². The molecule has 2 rings (SSSR count). The zero-order chi connectivity index (χ0) is 15.9. The van der Waals surface area contributed by atoms with Crippen LogP contribution in [-0.2, 0) is 11.3 Å². The van der Waals surface area contributed by atoms with E-state index < -0.39 is 0 Å². The maximum absolute atomic E-state index is 13.6. The number of rotatable bonds is 6. The van der Waals surface area contributed by atoms with Gasteiger partial charge in [-0.2, -0.15) is 0 Å². The van der Waals surface area contributed by atoms with Gasteiger partial charge >= 0.3 is 0 Å². The van der Waals surface area contributed by atoms with Crippen molar-refractivity contribution >= 4 is 5.91 Å². The van der Waals surface area contributed by atoms with Crippen LogP contribution in [0.25, 0.3) is 0 Å². The molecule has 0 saturated heterocycles. The average Bonchev–Trinajstić information content (AvgIpc) is 2.54. The van der Waals surface area contributed by atoms with E-state index in [1.165, 1.54) is 18.1 Å². The van der Waals surface area contributed by atoms with Crippen LogP contribution in [0.15, 0.2) is 48.5 Å². The molecule has 4 nitrogen and oxygen atoms in total. The molecule has 0 aliphatic carbocycles. The van der Waals surface area contributed by atoms with E-state index in [2.05, 4.69) is 0 Å². The van der Waals surface area contributed by atoms with Crippen molar-refractivity contribution in [3.8, 4) is 11.5 Å². The van der Waals surface area contributed by atoms with Gasteiger partial charge in [0.15, 0.2) is 18.1 Å². The highest BCUT2D eigenvalue weighted by molar-refractivity contribution is 5.77. The summed E-state index contributed by atoms with van der Waals surface area (Å²) in [6.07, 6.45) is 0. The van der Waals surface area contributed by atoms with Gasteiger partial charge in [0.1, 0.15) is 5.82 Å². The Bertz CT molecular complexity index is 645. The molecule has 0 heterocycles. The summed E-state index contributed by atoms with van der Waals surface area (Å²) >= 11 is 0. The molecule has 5 heteroatoms. The minimum absolute atomic E-state index is 0.134. The fraction of sp³-hybridized carbons (Fsp3) is 0.235. The molecule has 0 unspecified atom stereocenters. The van der Waals surface area contributed by atoms with E-state index in [0.717, 1.165) is 0 Å². The number of nitrogens with zero attached hydrogens (tertiary/aromatic N) is 1. The van der Waals surface area contributed by atoms with Crippen LogP contribution in [0, 0.1) is 5.82 Å². The van der Waals surface area contributed by atoms with Crippen LogP contribution in [0.5, 0.6) is 11.5 Å². The highest BCUT2D eigenvalue weighted by atomic mass is 19.1. The Morgan fingerprint density at radius 3 is 2.41 bits per heavy atom. The van der Waals surface area contributed by atoms with Crippen LogP contribution in [0.3, 0.4) is 0 Å². The Morgan fingerprint density at radius 1 is 1.09 bits per heavy atom. The van der Waals surface area contributed by atoms with Gasteiger partial charge in [-0.15, -0.1) is 0 Å². The molecule has 0 spiro atoms. The van der Waals surface area contributed by atoms with Gasteiger partial charge in [0, 0.05) is 19.2 Å². The number of amides is 1. The fourth-order valence-corrected chi connectivity index (χ4v) is 1.96. The Labute approximate surface area is 129 Å². The molecular weight excluding hydrogens is 285 g/mol. The number of ether oxygens (including phenoxy) is 2. The Balaban J connectivity index is 1.93. The van der Waals surface area contributed by atoms with Crippen LogP contribution in [0.4, 0.5) is 4.39 Å². The minimum atomic E-state index is -0.326. The van der Waals surface area contributed by atoms with E-state index in [0.29, 0.717) is 17.1 Å². The molecule has 0 N–H and O–H groups in total. The lowest BCUT2D eigenvalue weighted by molar-refractivity contribution is -0.132. The maximum Gasteiger partial charge on any atom is 0.260 e. The second-order valence-electron chi connectivity index (χ2n) is 4.78. The van der Waals surface area contributed by atoms with Crippen molar-refractivity contribution in [2.75, 3.05) is 20.8 Å². The number of carbonyl (C=O) groups is 1. The zero-order valence-corrected chi connectivity index (χ0v) is 12.6. The first-order valence-electron chi connectivity index (χ1n) is 6.85. The second kappa shape index (κ2) is 7.45. The molecule has 2 aromatic carbocycles. The Hall–Kier alpha value is -2.56. The molecule has 0 saturated carbocycles. The maximum atomic E-state index is 13.6. The largest absolute Gasteiger partial charge is 0.493 e. The summed E-state index contributed by atoms with van der Waals surface area (Å²) in [6.45, 7) is 0.0616. The molecule has 0 bridgehead atoms. The van der Waals surface area contributed by atoms with Gasteiger partial charge < -0.3 is 14.4 Å². The van der Waals surface area contributed by atoms with Gasteiger partial charge in [0.2, 0.25) is 0 Å². The third-order valence-corrected chi connectivity index (χ3v) is 3.21. The standard InChI is InChI=1S/C17H18FNO3/c1-19(11-13-7-3-4-8-14(13)18)17(20)12-22-16-10-6-5-9-15(16)21-2/h3-10H,11-12H2,1-2H3. The molecule has 0 aliphatic rings. The van der Waals surface area contributed by atoms with Gasteiger partial charge in [-0.3, -0.25) is 4.79 Å². The lowest BCUT2D eigenvalue weighted by Gasteiger charge is -2.18. The molecule has 0 atom stereocenters. The third-order valence-electron chi connectivity index (χ3n) is 3.21. The van der Waals surface area contributed by atoms with Gasteiger partial charge in [-0.05, 0) is 18.2 Å². The van der Waals surface area contributed by atoms with Crippen molar-refractivity contribution in [2.45, 2.75) is 6.54 Å². The third kappa shape index (κ3) is 3.97. The van der Waals surface area contributed by atoms with Crippen LogP contribution in [0.2, 0.25) is 0 Å². The van der Waals surface area contributed by atoms with Gasteiger partial charge in [-0.1, -0.05) is 30.3 Å². The summed E-state index contributed by atoms with van der Waals surface area (Å²) in [4.78, 5) is 13.5. The Kier molecular flexibility index (Phi) is 5.36. The lowest BCUT2D eigenvalue weighted by Crippen LogP contribution is -2.31. The van der Waals surface area contributed by atoms with E-state index in [1.807, 2.05) is 6.07 Å². The SMILES string of the molecule is COc1ccccc1OCC(=O)N(C)Cc1ccccc1F. The first-order valence-corrected chi connectivity index (χ1v) is 6.85. The van der Waals surface area contributed by atoms with Crippen molar-refractivity contribution in [1.29, 1.82) is 0 Å². The van der Waals surface area contributed by atoms with E-state index in [9.17, 15) is 9.18 Å². The monoisotopic (exact) mass is 303 g/mol. The molecule has 2 aromatic rings. The number of carbonyl (C=O) groups excluding carboxylic acids is 1. The van der Waals surface area contributed by atoms with Crippen molar-refractivity contribution in [3.63, 3.8) is 0 Å². The topological polar surface area (TPSA) is 38.8 Å². The highest BCUT2D eigenvalue weighted by Gasteiger charge is 2.13. The molecule has 22 heavy (non-hydrogen) atoms. The van der Waals surface area contributed by atoms with Crippen molar-refractivity contribution < 1.29 is 18.7 Å². The number of halogens is 1. The quantitative estimate of drug-likeness (QED) is 0.823. The number of hydrogen-bond donors (Lipinski definition) is 0. The summed E-state index contributed by atoms with van der Waals surface area (Å²) in [5.41, 5.74) is 0.468.